The summed E-state index contributed by atoms with van der Waals surface area (Å²) in [4.78, 5) is 43.7. The number of carbonyl (C=O) groups is 3. The molecule has 0 bridgehead atoms. The van der Waals surface area contributed by atoms with Crippen LogP contribution in [-0.4, -0.2) is 81.8 Å². The molecule has 3 aromatic rings. The Balaban J connectivity index is 1.41. The topological polar surface area (TPSA) is 225 Å². The molecule has 0 amide bonds. The lowest BCUT2D eigenvalue weighted by atomic mass is 10.0. The molecule has 1 aliphatic carbocycles. The zero-order valence-electron chi connectivity index (χ0n) is 28.6. The van der Waals surface area contributed by atoms with Crippen LogP contribution in [0.2, 0.25) is 0 Å². The molecule has 3 aliphatic rings. The molecule has 3 N–H and O–H groups in total. The number of ether oxygens (including phenoxy) is 5. The number of aromatic nitrogens is 3. The number of hydrogen-bond donors (Lipinski definition) is 2. The van der Waals surface area contributed by atoms with Gasteiger partial charge in [-0.05, 0) is 31.2 Å². The van der Waals surface area contributed by atoms with E-state index in [1.807, 2.05) is 0 Å². The summed E-state index contributed by atoms with van der Waals surface area (Å²) < 4.78 is 57.1. The van der Waals surface area contributed by atoms with Crippen molar-refractivity contribution < 1.29 is 51.7 Å². The number of nitrogens with two attached hydrogens (primary N) is 1. The maximum atomic E-state index is 14.7. The Bertz CT molecular complexity index is 1900. The van der Waals surface area contributed by atoms with Gasteiger partial charge in [-0.3, -0.25) is 18.9 Å². The largest absolute Gasteiger partial charge is 0.464 e. The number of nitrogens with one attached hydrogen (secondary N) is 1. The molecule has 4 heterocycles. The number of para-hydroxylation sites is 1. The van der Waals surface area contributed by atoms with Crippen LogP contribution in [0.4, 0.5) is 5.82 Å². The molecule has 6 rings (SSSR count). The third-order valence-corrected chi connectivity index (χ3v) is 10.4. The second kappa shape index (κ2) is 13.9. The van der Waals surface area contributed by atoms with Crippen LogP contribution in [0.3, 0.4) is 0 Å². The van der Waals surface area contributed by atoms with Crippen LogP contribution in [0.5, 0.6) is 5.75 Å². The first-order valence-electron chi connectivity index (χ1n) is 16.4. The van der Waals surface area contributed by atoms with Gasteiger partial charge in [-0.1, -0.05) is 45.9 Å². The van der Waals surface area contributed by atoms with Gasteiger partial charge in [0.15, 0.2) is 18.0 Å². The molecule has 7 atom stereocenters. The van der Waals surface area contributed by atoms with E-state index in [-0.39, 0.29) is 29.8 Å². The highest BCUT2D eigenvalue weighted by Gasteiger charge is 2.95. The summed E-state index contributed by atoms with van der Waals surface area (Å²) in [5, 5.41) is 17.7. The fourth-order valence-electron chi connectivity index (χ4n) is 5.86. The fourth-order valence-corrected chi connectivity index (χ4v) is 7.57. The van der Waals surface area contributed by atoms with Gasteiger partial charge in [-0.25, -0.2) is 14.1 Å². The van der Waals surface area contributed by atoms with E-state index >= 15 is 0 Å². The van der Waals surface area contributed by atoms with Crippen molar-refractivity contribution in [2.75, 3.05) is 25.6 Å². The van der Waals surface area contributed by atoms with E-state index < -0.39 is 73.0 Å². The SMILES string of the molecule is CC(C)C(=O)O[C@H]1[C@H](c2ccc3c(N)ncnn23)O[C@]2(C#N)C(O[P@@](=O)(N[C@@H](C)C(=O)OCC3COC3)Oc3ccccc3)[C@]12OC(=O)C(C)C. The number of nitrogen functional groups attached to an aromatic ring is 1. The monoisotopic (exact) mass is 726 g/mol. The van der Waals surface area contributed by atoms with E-state index in [2.05, 4.69) is 21.2 Å². The summed E-state index contributed by atoms with van der Waals surface area (Å²) >= 11 is 0. The fraction of sp³-hybridized carbons (Fsp3) is 0.515. The van der Waals surface area contributed by atoms with Crippen LogP contribution >= 0.6 is 7.75 Å². The first kappa shape index (κ1) is 36.2. The highest BCUT2D eigenvalue weighted by atomic mass is 31.2. The van der Waals surface area contributed by atoms with Gasteiger partial charge in [0, 0.05) is 5.92 Å². The molecule has 272 valence electrons. The smallest absolute Gasteiger partial charge is 0.460 e. The summed E-state index contributed by atoms with van der Waals surface area (Å²) in [6, 6.07) is 12.0. The molecule has 3 fully saturated rings. The summed E-state index contributed by atoms with van der Waals surface area (Å²) in [6.07, 6.45) is -3.25. The molecule has 1 saturated carbocycles. The van der Waals surface area contributed by atoms with Crippen LogP contribution < -0.4 is 15.3 Å². The normalized spacial score (nSPS) is 27.1. The molecule has 18 heteroatoms. The summed E-state index contributed by atoms with van der Waals surface area (Å²) in [6.45, 7) is 8.73. The van der Waals surface area contributed by atoms with Crippen molar-refractivity contribution in [3.05, 3.63) is 54.5 Å². The average Bonchev–Trinajstić information content (AvgIpc) is 3.31. The maximum Gasteiger partial charge on any atom is 0.460 e. The number of carbonyl (C=O) groups excluding carboxylic acids is 3. The number of anilines is 1. The second-order valence-corrected chi connectivity index (χ2v) is 14.9. The first-order valence-corrected chi connectivity index (χ1v) is 17.9. The third kappa shape index (κ3) is 6.54. The molecule has 2 aromatic heterocycles. The second-order valence-electron chi connectivity index (χ2n) is 13.2. The van der Waals surface area contributed by atoms with Gasteiger partial charge in [0.2, 0.25) is 11.2 Å². The Morgan fingerprint density at radius 2 is 1.78 bits per heavy atom. The van der Waals surface area contributed by atoms with Gasteiger partial charge in [-0.15, -0.1) is 0 Å². The van der Waals surface area contributed by atoms with Crippen LogP contribution in [0.25, 0.3) is 5.52 Å². The highest BCUT2D eigenvalue weighted by Crippen LogP contribution is 2.71. The number of rotatable bonds is 14. The zero-order chi connectivity index (χ0) is 36.7. The Morgan fingerprint density at radius 3 is 2.41 bits per heavy atom. The lowest BCUT2D eigenvalue weighted by Gasteiger charge is -2.31. The Hall–Kier alpha value is -4.59. The average molecular weight is 727 g/mol. The molecule has 1 unspecified atom stereocenters. The van der Waals surface area contributed by atoms with Crippen LogP contribution in [0.1, 0.15) is 46.4 Å². The summed E-state index contributed by atoms with van der Waals surface area (Å²) in [5.41, 5.74) is 2.38. The highest BCUT2D eigenvalue weighted by molar-refractivity contribution is 7.52. The van der Waals surface area contributed by atoms with E-state index in [1.165, 1.54) is 29.9 Å². The minimum absolute atomic E-state index is 0.0396. The first-order chi connectivity index (χ1) is 24.2. The Kier molecular flexibility index (Phi) is 9.83. The van der Waals surface area contributed by atoms with Crippen LogP contribution in [-0.2, 0) is 47.2 Å². The van der Waals surface area contributed by atoms with Gasteiger partial charge >= 0.3 is 25.7 Å². The molecule has 2 aliphatic heterocycles. The summed E-state index contributed by atoms with van der Waals surface area (Å²) in [5.74, 6) is -3.36. The number of nitrogens with zero attached hydrogens (tertiary/aromatic N) is 4. The van der Waals surface area contributed by atoms with E-state index in [9.17, 15) is 24.2 Å². The van der Waals surface area contributed by atoms with Gasteiger partial charge in [0.1, 0.15) is 35.8 Å². The van der Waals surface area contributed by atoms with E-state index in [0.29, 0.717) is 18.7 Å². The lowest BCUT2D eigenvalue weighted by Crippen LogP contribution is -2.45. The number of esters is 3. The number of fused-ring (bicyclic) bond motifs is 2. The molecular formula is C33H39N6O11P. The van der Waals surface area contributed by atoms with Gasteiger partial charge in [0.25, 0.3) is 0 Å². The number of hydrogen-bond acceptors (Lipinski definition) is 15. The maximum absolute atomic E-state index is 14.7. The van der Waals surface area contributed by atoms with Gasteiger partial charge in [-0.2, -0.15) is 15.4 Å². The van der Waals surface area contributed by atoms with Gasteiger partial charge in [0.05, 0.1) is 37.4 Å². The predicted molar refractivity (Wildman–Crippen MR) is 175 cm³/mol. The van der Waals surface area contributed by atoms with Crippen molar-refractivity contribution in [2.45, 2.75) is 70.2 Å². The Morgan fingerprint density at radius 1 is 1.08 bits per heavy atom. The van der Waals surface area contributed by atoms with Crippen molar-refractivity contribution in [1.29, 1.82) is 5.26 Å². The number of nitriles is 1. The van der Waals surface area contributed by atoms with Crippen molar-refractivity contribution in [2.24, 2.45) is 17.8 Å². The third-order valence-electron chi connectivity index (χ3n) is 8.78. The van der Waals surface area contributed by atoms with Crippen LogP contribution in [0.15, 0.2) is 48.8 Å². The minimum Gasteiger partial charge on any atom is -0.464 e. The lowest BCUT2D eigenvalue weighted by molar-refractivity contribution is -0.181. The zero-order valence-corrected chi connectivity index (χ0v) is 29.5. The minimum atomic E-state index is -4.69. The van der Waals surface area contributed by atoms with E-state index in [4.69, 9.17) is 38.5 Å². The van der Waals surface area contributed by atoms with Crippen LogP contribution in [0, 0.1) is 29.1 Å². The molecule has 1 aromatic carbocycles. The molecule has 0 spiro atoms. The summed E-state index contributed by atoms with van der Waals surface area (Å²) in [7, 11) is -4.69. The molecule has 17 nitrogen and oxygen atoms in total. The Labute approximate surface area is 293 Å². The molecule has 0 radical (unpaired) electrons. The predicted octanol–water partition coefficient (Wildman–Crippen LogP) is 2.90. The molecule has 51 heavy (non-hydrogen) atoms. The standard InChI is InChI=1S/C33H39N6O11P/c1-18(2)28(40)46-26-25(23-11-12-24-27(35)36-17-37-39(23)24)47-32(16-34)31(33(26,32)48-29(41)19(3)4)50-51(43,49-22-9-7-6-8-10-22)38-20(5)30(42)45-15-21-13-44-14-21/h6-12,17-21,25-26,31H,13-15H2,1-5H3,(H,38,43)(H2,35,36,37)/t20-,25-,26-,31?,32+,33+,51+/m0/s1. The van der Waals surface area contributed by atoms with Crippen molar-refractivity contribution in [3.8, 4) is 11.8 Å². The van der Waals surface area contributed by atoms with Crippen molar-refractivity contribution in [3.63, 3.8) is 0 Å². The van der Waals surface area contributed by atoms with Gasteiger partial charge < -0.3 is 33.9 Å². The molecule has 2 saturated heterocycles. The number of benzene rings is 1. The van der Waals surface area contributed by atoms with E-state index in [1.54, 1.807) is 58.0 Å². The molecular weight excluding hydrogens is 687 g/mol. The van der Waals surface area contributed by atoms with Crippen molar-refractivity contribution in [1.82, 2.24) is 19.7 Å². The van der Waals surface area contributed by atoms with Crippen molar-refractivity contribution >= 4 is 37.0 Å². The quantitative estimate of drug-likeness (QED) is 0.138. The van der Waals surface area contributed by atoms with E-state index in [0.717, 1.165) is 0 Å².